The Kier molecular flexibility index (Phi) is 4.53. The first-order valence-electron chi connectivity index (χ1n) is 7.65. The minimum atomic E-state index is -3.91. The lowest BCUT2D eigenvalue weighted by Crippen LogP contribution is -2.34. The van der Waals surface area contributed by atoms with E-state index in [0.29, 0.717) is 12.3 Å². The second-order valence-electron chi connectivity index (χ2n) is 6.01. The molecular weight excluding hydrogens is 317 g/mol. The fourth-order valence-electron chi connectivity index (χ4n) is 3.07. The van der Waals surface area contributed by atoms with Crippen LogP contribution in [0, 0.1) is 5.92 Å². The van der Waals surface area contributed by atoms with E-state index >= 15 is 0 Å². The third-order valence-electron chi connectivity index (χ3n) is 4.34. The zero-order chi connectivity index (χ0) is 16.4. The molecule has 124 valence electrons. The summed E-state index contributed by atoms with van der Waals surface area (Å²) in [4.78, 5) is 28.7. The number of piperidine rings is 1. The predicted molar refractivity (Wildman–Crippen MR) is 87.7 cm³/mol. The normalized spacial score (nSPS) is 16.9. The fraction of sp³-hybridized carbons (Fsp3) is 0.467. The average molecular weight is 337 g/mol. The molecule has 7 nitrogen and oxygen atoms in total. The monoisotopic (exact) mass is 337 g/mol. The van der Waals surface area contributed by atoms with Gasteiger partial charge in [-0.1, -0.05) is 0 Å². The van der Waals surface area contributed by atoms with Gasteiger partial charge in [-0.3, -0.25) is 4.57 Å². The Morgan fingerprint density at radius 1 is 1.22 bits per heavy atom. The summed E-state index contributed by atoms with van der Waals surface area (Å²) >= 11 is 0. The summed E-state index contributed by atoms with van der Waals surface area (Å²) in [7, 11) is -3.91. The van der Waals surface area contributed by atoms with E-state index < -0.39 is 7.60 Å². The molecule has 0 atom stereocenters. The molecule has 8 heteroatoms. The zero-order valence-corrected chi connectivity index (χ0v) is 13.6. The SMILES string of the molecule is O=P(O)(O)CCC1CCN(c2ncnc3ccc(O)cc23)CC1. The van der Waals surface area contributed by atoms with Crippen LogP contribution in [-0.4, -0.2) is 44.1 Å². The Labute approximate surface area is 134 Å². The summed E-state index contributed by atoms with van der Waals surface area (Å²) in [5.41, 5.74) is 0.788. The molecule has 1 fully saturated rings. The highest BCUT2D eigenvalue weighted by Crippen LogP contribution is 2.38. The predicted octanol–water partition coefficient (Wildman–Crippen LogP) is 2.12. The average Bonchev–Trinajstić information content (AvgIpc) is 2.52. The van der Waals surface area contributed by atoms with E-state index in [1.54, 1.807) is 18.2 Å². The van der Waals surface area contributed by atoms with Gasteiger partial charge in [0.25, 0.3) is 0 Å². The van der Waals surface area contributed by atoms with Crippen LogP contribution in [0.25, 0.3) is 10.9 Å². The van der Waals surface area contributed by atoms with E-state index in [-0.39, 0.29) is 11.9 Å². The van der Waals surface area contributed by atoms with Crippen LogP contribution >= 0.6 is 7.60 Å². The number of phenols is 1. The van der Waals surface area contributed by atoms with Crippen molar-refractivity contribution in [3.8, 4) is 5.75 Å². The Morgan fingerprint density at radius 3 is 2.65 bits per heavy atom. The van der Waals surface area contributed by atoms with Gasteiger partial charge in [0.1, 0.15) is 17.9 Å². The van der Waals surface area contributed by atoms with Crippen LogP contribution < -0.4 is 4.90 Å². The Bertz CT molecular complexity index is 741. The Balaban J connectivity index is 1.71. The highest BCUT2D eigenvalue weighted by atomic mass is 31.2. The Morgan fingerprint density at radius 2 is 1.96 bits per heavy atom. The minimum absolute atomic E-state index is 0.0397. The van der Waals surface area contributed by atoms with Gasteiger partial charge < -0.3 is 19.8 Å². The van der Waals surface area contributed by atoms with E-state index in [9.17, 15) is 9.67 Å². The second kappa shape index (κ2) is 6.43. The maximum absolute atomic E-state index is 11.0. The van der Waals surface area contributed by atoms with Gasteiger partial charge in [0.15, 0.2) is 0 Å². The number of hydrogen-bond acceptors (Lipinski definition) is 5. The van der Waals surface area contributed by atoms with Crippen LogP contribution in [-0.2, 0) is 4.57 Å². The first-order chi connectivity index (χ1) is 10.9. The molecule has 3 rings (SSSR count). The minimum Gasteiger partial charge on any atom is -0.508 e. The molecule has 0 unspecified atom stereocenters. The lowest BCUT2D eigenvalue weighted by molar-refractivity contribution is 0.350. The topological polar surface area (TPSA) is 107 Å². The lowest BCUT2D eigenvalue weighted by Gasteiger charge is -2.33. The van der Waals surface area contributed by atoms with E-state index in [4.69, 9.17) is 9.79 Å². The van der Waals surface area contributed by atoms with Gasteiger partial charge in [0.2, 0.25) is 0 Å². The largest absolute Gasteiger partial charge is 0.508 e. The van der Waals surface area contributed by atoms with Crippen molar-refractivity contribution < 1.29 is 19.5 Å². The smallest absolute Gasteiger partial charge is 0.325 e. The molecule has 2 heterocycles. The third kappa shape index (κ3) is 3.99. The number of rotatable bonds is 4. The summed E-state index contributed by atoms with van der Waals surface area (Å²) in [6.07, 6.45) is 3.80. The van der Waals surface area contributed by atoms with Crippen LogP contribution in [0.5, 0.6) is 5.75 Å². The van der Waals surface area contributed by atoms with Crippen LogP contribution in [0.15, 0.2) is 24.5 Å². The molecule has 2 aromatic rings. The third-order valence-corrected chi connectivity index (χ3v) is 5.18. The molecule has 3 N–H and O–H groups in total. The molecule has 23 heavy (non-hydrogen) atoms. The molecule has 1 aromatic carbocycles. The number of aromatic hydroxyl groups is 1. The molecule has 1 aromatic heterocycles. The number of nitrogens with zero attached hydrogens (tertiary/aromatic N) is 3. The second-order valence-corrected chi connectivity index (χ2v) is 7.78. The summed E-state index contributed by atoms with van der Waals surface area (Å²) < 4.78 is 11.0. The van der Waals surface area contributed by atoms with Crippen LogP contribution in [0.1, 0.15) is 19.3 Å². The highest BCUT2D eigenvalue weighted by molar-refractivity contribution is 7.51. The number of hydrogen-bond donors (Lipinski definition) is 3. The number of benzene rings is 1. The van der Waals surface area contributed by atoms with Crippen molar-refractivity contribution in [3.05, 3.63) is 24.5 Å². The molecular formula is C15H20N3O4P. The van der Waals surface area contributed by atoms with E-state index in [0.717, 1.165) is 42.7 Å². The molecule has 0 saturated carbocycles. The van der Waals surface area contributed by atoms with Gasteiger partial charge in [-0.2, -0.15) is 0 Å². The standard InChI is InChI=1S/C15H20N3O4P/c19-12-1-2-14-13(9-12)15(17-10-16-14)18-6-3-11(4-7-18)5-8-23(20,21)22/h1-2,9-11,19H,3-8H2,(H2,20,21,22). The van der Waals surface area contributed by atoms with Crippen molar-refractivity contribution >= 4 is 24.3 Å². The van der Waals surface area contributed by atoms with Crippen LogP contribution in [0.3, 0.4) is 0 Å². The van der Waals surface area contributed by atoms with Crippen molar-refractivity contribution in [2.45, 2.75) is 19.3 Å². The van der Waals surface area contributed by atoms with E-state index in [2.05, 4.69) is 14.9 Å². The van der Waals surface area contributed by atoms with E-state index in [1.807, 2.05) is 0 Å². The van der Waals surface area contributed by atoms with Crippen molar-refractivity contribution in [2.75, 3.05) is 24.2 Å². The van der Waals surface area contributed by atoms with Gasteiger partial charge in [-0.15, -0.1) is 0 Å². The maximum Gasteiger partial charge on any atom is 0.325 e. The summed E-state index contributed by atoms with van der Waals surface area (Å²) in [5.74, 6) is 1.32. The van der Waals surface area contributed by atoms with E-state index in [1.165, 1.54) is 6.33 Å². The van der Waals surface area contributed by atoms with Crippen molar-refractivity contribution in [1.29, 1.82) is 0 Å². The van der Waals surface area contributed by atoms with Crippen molar-refractivity contribution in [2.24, 2.45) is 5.92 Å². The molecule has 0 bridgehead atoms. The van der Waals surface area contributed by atoms with Gasteiger partial charge in [0.05, 0.1) is 11.7 Å². The molecule has 1 saturated heterocycles. The quantitative estimate of drug-likeness (QED) is 0.734. The fourth-order valence-corrected chi connectivity index (χ4v) is 3.77. The van der Waals surface area contributed by atoms with Gasteiger partial charge >= 0.3 is 7.60 Å². The molecule has 0 amide bonds. The summed E-state index contributed by atoms with van der Waals surface area (Å²) in [5, 5.41) is 10.5. The van der Waals surface area contributed by atoms with Crippen LogP contribution in [0.4, 0.5) is 5.82 Å². The van der Waals surface area contributed by atoms with Crippen LogP contribution in [0.2, 0.25) is 0 Å². The lowest BCUT2D eigenvalue weighted by atomic mass is 9.94. The number of fused-ring (bicyclic) bond motifs is 1. The Hall–Kier alpha value is -1.69. The summed E-state index contributed by atoms with van der Waals surface area (Å²) in [6, 6.07) is 5.04. The summed E-state index contributed by atoms with van der Waals surface area (Å²) in [6.45, 7) is 1.57. The van der Waals surface area contributed by atoms with Gasteiger partial charge in [0, 0.05) is 18.5 Å². The molecule has 0 aliphatic carbocycles. The zero-order valence-electron chi connectivity index (χ0n) is 12.7. The molecule has 0 radical (unpaired) electrons. The number of aromatic nitrogens is 2. The number of anilines is 1. The van der Waals surface area contributed by atoms with Gasteiger partial charge in [-0.05, 0) is 43.4 Å². The van der Waals surface area contributed by atoms with Crippen molar-refractivity contribution in [1.82, 2.24) is 9.97 Å². The molecule has 1 aliphatic rings. The first kappa shape index (κ1) is 16.2. The molecule has 1 aliphatic heterocycles. The number of phenolic OH excluding ortho intramolecular Hbond substituents is 1. The highest BCUT2D eigenvalue weighted by Gasteiger charge is 2.24. The maximum atomic E-state index is 11.0. The first-order valence-corrected chi connectivity index (χ1v) is 9.45. The van der Waals surface area contributed by atoms with Crippen molar-refractivity contribution in [3.63, 3.8) is 0 Å². The molecule has 0 spiro atoms. The van der Waals surface area contributed by atoms with Gasteiger partial charge in [-0.25, -0.2) is 9.97 Å².